The molecule has 144 valence electrons. The first-order valence-electron chi connectivity index (χ1n) is 9.65. The molecule has 0 bridgehead atoms. The van der Waals surface area contributed by atoms with Crippen molar-refractivity contribution in [2.45, 2.75) is 13.5 Å². The zero-order chi connectivity index (χ0) is 19.8. The van der Waals surface area contributed by atoms with Gasteiger partial charge in [-0.2, -0.15) is 0 Å². The number of nitrogens with zero attached hydrogens (tertiary/aromatic N) is 3. The Morgan fingerprint density at radius 1 is 0.862 bits per heavy atom. The first kappa shape index (κ1) is 17.5. The molecule has 0 fully saturated rings. The number of methoxy groups -OCH3 is 1. The topological polar surface area (TPSA) is 49.2 Å². The van der Waals surface area contributed by atoms with Crippen molar-refractivity contribution in [1.82, 2.24) is 14.5 Å². The second kappa shape index (κ2) is 7.09. The zero-order valence-electron chi connectivity index (χ0n) is 16.4. The lowest BCUT2D eigenvalue weighted by atomic mass is 10.2. The van der Waals surface area contributed by atoms with Crippen molar-refractivity contribution < 1.29 is 9.47 Å². The van der Waals surface area contributed by atoms with Gasteiger partial charge in [0.25, 0.3) is 0 Å². The molecule has 0 radical (unpaired) electrons. The Hall–Kier alpha value is -3.60. The van der Waals surface area contributed by atoms with Gasteiger partial charge in [-0.05, 0) is 55.0 Å². The van der Waals surface area contributed by atoms with Crippen LogP contribution in [-0.4, -0.2) is 28.3 Å². The second-order valence-corrected chi connectivity index (χ2v) is 7.08. The van der Waals surface area contributed by atoms with Gasteiger partial charge in [0, 0.05) is 5.39 Å². The third-order valence-corrected chi connectivity index (χ3v) is 5.13. The van der Waals surface area contributed by atoms with E-state index in [-0.39, 0.29) is 0 Å². The van der Waals surface area contributed by atoms with Crippen molar-refractivity contribution in [3.8, 4) is 11.5 Å². The average molecular weight is 383 g/mol. The number of ether oxygens (including phenoxy) is 2. The number of hydrogen-bond donors (Lipinski definition) is 0. The largest absolute Gasteiger partial charge is 0.497 e. The van der Waals surface area contributed by atoms with Gasteiger partial charge >= 0.3 is 0 Å². The van der Waals surface area contributed by atoms with Crippen LogP contribution in [0.3, 0.4) is 0 Å². The molecule has 0 N–H and O–H groups in total. The highest BCUT2D eigenvalue weighted by atomic mass is 16.5. The van der Waals surface area contributed by atoms with Crippen LogP contribution in [0.1, 0.15) is 5.56 Å². The Morgan fingerprint density at radius 3 is 2.48 bits per heavy atom. The van der Waals surface area contributed by atoms with Crippen molar-refractivity contribution in [2.75, 3.05) is 13.7 Å². The van der Waals surface area contributed by atoms with E-state index in [0.29, 0.717) is 13.2 Å². The fourth-order valence-corrected chi connectivity index (χ4v) is 3.73. The van der Waals surface area contributed by atoms with Crippen LogP contribution in [0.15, 0.2) is 66.7 Å². The standard InChI is InChI=1S/C24H21N3O2/c1-16-6-5-7-18(14-16)29-13-12-27-22-11-10-17(28-2)15-19(22)23-24(27)26-21-9-4-3-8-20(21)25-23/h3-11,14-15H,12-13H2,1-2H3. The molecule has 0 saturated heterocycles. The highest BCUT2D eigenvalue weighted by Crippen LogP contribution is 2.31. The van der Waals surface area contributed by atoms with Crippen LogP contribution < -0.4 is 9.47 Å². The Bertz CT molecular complexity index is 1340. The summed E-state index contributed by atoms with van der Waals surface area (Å²) < 4.78 is 13.6. The Balaban J connectivity index is 1.60. The molecule has 0 unspecified atom stereocenters. The quantitative estimate of drug-likeness (QED) is 0.422. The number of fused-ring (bicyclic) bond motifs is 4. The second-order valence-electron chi connectivity index (χ2n) is 7.08. The maximum Gasteiger partial charge on any atom is 0.160 e. The molecule has 5 nitrogen and oxygen atoms in total. The summed E-state index contributed by atoms with van der Waals surface area (Å²) in [5.74, 6) is 1.69. The lowest BCUT2D eigenvalue weighted by Gasteiger charge is -2.10. The molecule has 5 rings (SSSR count). The van der Waals surface area contributed by atoms with Crippen LogP contribution in [0.5, 0.6) is 11.5 Å². The molecule has 0 atom stereocenters. The molecule has 0 amide bonds. The maximum absolute atomic E-state index is 6.00. The summed E-state index contributed by atoms with van der Waals surface area (Å²) in [5.41, 5.74) is 5.77. The van der Waals surface area contributed by atoms with E-state index >= 15 is 0 Å². The molecule has 0 spiro atoms. The van der Waals surface area contributed by atoms with Crippen LogP contribution in [0, 0.1) is 6.92 Å². The number of rotatable bonds is 5. The number of aromatic nitrogens is 3. The van der Waals surface area contributed by atoms with E-state index in [9.17, 15) is 0 Å². The molecular weight excluding hydrogens is 362 g/mol. The minimum Gasteiger partial charge on any atom is -0.497 e. The van der Waals surface area contributed by atoms with Gasteiger partial charge in [0.15, 0.2) is 5.65 Å². The molecule has 0 aliphatic rings. The van der Waals surface area contributed by atoms with Gasteiger partial charge < -0.3 is 14.0 Å². The summed E-state index contributed by atoms with van der Waals surface area (Å²) in [7, 11) is 1.68. The van der Waals surface area contributed by atoms with Gasteiger partial charge in [-0.1, -0.05) is 24.3 Å². The van der Waals surface area contributed by atoms with Crippen LogP contribution >= 0.6 is 0 Å². The van der Waals surface area contributed by atoms with E-state index < -0.39 is 0 Å². The molecule has 5 aromatic rings. The van der Waals surface area contributed by atoms with Gasteiger partial charge in [-0.25, -0.2) is 9.97 Å². The van der Waals surface area contributed by atoms with Crippen LogP contribution in [0.25, 0.3) is 33.1 Å². The third kappa shape index (κ3) is 3.14. The molecular formula is C24H21N3O2. The van der Waals surface area contributed by atoms with Gasteiger partial charge in [0.05, 0.1) is 30.2 Å². The number of aryl methyl sites for hydroxylation is 1. The fourth-order valence-electron chi connectivity index (χ4n) is 3.73. The summed E-state index contributed by atoms with van der Waals surface area (Å²) in [6.07, 6.45) is 0. The van der Waals surface area contributed by atoms with E-state index in [0.717, 1.165) is 44.6 Å². The van der Waals surface area contributed by atoms with E-state index in [4.69, 9.17) is 19.4 Å². The number of hydrogen-bond acceptors (Lipinski definition) is 4. The van der Waals surface area contributed by atoms with Crippen molar-refractivity contribution in [3.63, 3.8) is 0 Å². The predicted molar refractivity (Wildman–Crippen MR) is 116 cm³/mol. The summed E-state index contributed by atoms with van der Waals surface area (Å²) >= 11 is 0. The third-order valence-electron chi connectivity index (χ3n) is 5.13. The highest BCUT2D eigenvalue weighted by molar-refractivity contribution is 6.06. The molecule has 29 heavy (non-hydrogen) atoms. The molecule has 5 heteroatoms. The normalized spacial score (nSPS) is 11.4. The van der Waals surface area contributed by atoms with Crippen molar-refractivity contribution in [3.05, 3.63) is 72.3 Å². The van der Waals surface area contributed by atoms with Gasteiger partial charge in [-0.15, -0.1) is 0 Å². The summed E-state index contributed by atoms with van der Waals surface area (Å²) in [4.78, 5) is 9.81. The minimum atomic E-state index is 0.545. The molecule has 0 saturated carbocycles. The average Bonchev–Trinajstić information content (AvgIpc) is 3.04. The lowest BCUT2D eigenvalue weighted by molar-refractivity contribution is 0.302. The Labute approximate surface area is 168 Å². The minimum absolute atomic E-state index is 0.545. The van der Waals surface area contributed by atoms with E-state index in [1.54, 1.807) is 7.11 Å². The van der Waals surface area contributed by atoms with Crippen molar-refractivity contribution in [2.24, 2.45) is 0 Å². The SMILES string of the molecule is COc1ccc2c(c1)c1nc3ccccc3nc1n2CCOc1cccc(C)c1. The monoisotopic (exact) mass is 383 g/mol. The maximum atomic E-state index is 6.00. The van der Waals surface area contributed by atoms with Gasteiger partial charge in [0.1, 0.15) is 23.6 Å². The molecule has 0 aliphatic carbocycles. The van der Waals surface area contributed by atoms with E-state index in [1.807, 2.05) is 54.6 Å². The number of para-hydroxylation sites is 2. The van der Waals surface area contributed by atoms with Crippen molar-refractivity contribution >= 4 is 33.1 Å². The predicted octanol–water partition coefficient (Wildman–Crippen LogP) is 5.13. The first-order chi connectivity index (χ1) is 14.2. The van der Waals surface area contributed by atoms with E-state index in [2.05, 4.69) is 23.6 Å². The van der Waals surface area contributed by atoms with Crippen molar-refractivity contribution in [1.29, 1.82) is 0 Å². The molecule has 2 aromatic heterocycles. The fraction of sp³-hybridized carbons (Fsp3) is 0.167. The first-order valence-corrected chi connectivity index (χ1v) is 9.65. The Morgan fingerprint density at radius 2 is 1.69 bits per heavy atom. The summed E-state index contributed by atoms with van der Waals surface area (Å²) in [5, 5.41) is 1.04. The molecule has 3 aromatic carbocycles. The summed E-state index contributed by atoms with van der Waals surface area (Å²) in [6, 6.07) is 22.1. The zero-order valence-corrected chi connectivity index (χ0v) is 16.4. The molecule has 2 heterocycles. The smallest absolute Gasteiger partial charge is 0.160 e. The van der Waals surface area contributed by atoms with Crippen LogP contribution in [0.4, 0.5) is 0 Å². The van der Waals surface area contributed by atoms with Gasteiger partial charge in [0.2, 0.25) is 0 Å². The number of benzene rings is 3. The Kier molecular flexibility index (Phi) is 4.28. The lowest BCUT2D eigenvalue weighted by Crippen LogP contribution is -2.08. The van der Waals surface area contributed by atoms with E-state index in [1.165, 1.54) is 5.56 Å². The van der Waals surface area contributed by atoms with Gasteiger partial charge in [-0.3, -0.25) is 0 Å². The highest BCUT2D eigenvalue weighted by Gasteiger charge is 2.15. The summed E-state index contributed by atoms with van der Waals surface area (Å²) in [6.45, 7) is 3.28. The van der Waals surface area contributed by atoms with Crippen LogP contribution in [-0.2, 0) is 6.54 Å². The molecule has 0 aliphatic heterocycles. The van der Waals surface area contributed by atoms with Crippen LogP contribution in [0.2, 0.25) is 0 Å².